The molecule has 2 N–H and O–H groups in total. The molecule has 1 fully saturated rings. The van der Waals surface area contributed by atoms with E-state index in [0.717, 1.165) is 13.1 Å². The maximum atomic E-state index is 11.1. The summed E-state index contributed by atoms with van der Waals surface area (Å²) in [5, 5.41) is 32.9. The second-order valence-electron chi connectivity index (χ2n) is 5.69. The van der Waals surface area contributed by atoms with Crippen molar-refractivity contribution in [3.8, 4) is 5.88 Å². The lowest BCUT2D eigenvalue weighted by Gasteiger charge is -2.27. The number of aromatic hydroxyl groups is 1. The third-order valence-electron chi connectivity index (χ3n) is 4.10. The number of hydrogen-bond donors (Lipinski definition) is 2. The van der Waals surface area contributed by atoms with Crippen LogP contribution in [0.3, 0.4) is 0 Å². The van der Waals surface area contributed by atoms with Crippen molar-refractivity contribution in [3.63, 3.8) is 0 Å². The molecule has 2 heterocycles. The van der Waals surface area contributed by atoms with E-state index in [1.54, 1.807) is 17.7 Å². The molecular formula is C15H18N6O4S. The number of hydrogen-bond acceptors (Lipinski definition) is 7. The molecule has 11 heteroatoms. The summed E-state index contributed by atoms with van der Waals surface area (Å²) in [4.78, 5) is 12.7. The molecule has 0 saturated carbocycles. The van der Waals surface area contributed by atoms with Gasteiger partial charge in [-0.1, -0.05) is 0 Å². The molecule has 0 aliphatic carbocycles. The minimum absolute atomic E-state index is 0.0892. The van der Waals surface area contributed by atoms with Gasteiger partial charge in [0, 0.05) is 37.7 Å². The lowest BCUT2D eigenvalue weighted by Crippen LogP contribution is -2.37. The lowest BCUT2D eigenvalue weighted by molar-refractivity contribution is -0.384. The number of aromatic nitrogens is 1. The van der Waals surface area contributed by atoms with Crippen LogP contribution in [0.4, 0.5) is 11.4 Å². The molecule has 138 valence electrons. The van der Waals surface area contributed by atoms with Gasteiger partial charge >= 0.3 is 0 Å². The van der Waals surface area contributed by atoms with Crippen molar-refractivity contribution < 1.29 is 14.8 Å². The summed E-state index contributed by atoms with van der Waals surface area (Å²) in [5.74, 6) is -0.116. The normalized spacial score (nSPS) is 15.6. The predicted molar refractivity (Wildman–Crippen MR) is 98.8 cm³/mol. The quantitative estimate of drug-likeness (QED) is 0.362. The lowest BCUT2D eigenvalue weighted by atomic mass is 10.2. The minimum Gasteiger partial charge on any atom is -0.493 e. The van der Waals surface area contributed by atoms with E-state index in [1.165, 1.54) is 12.1 Å². The molecule has 0 spiro atoms. The van der Waals surface area contributed by atoms with Gasteiger partial charge in [0.05, 0.1) is 30.3 Å². The Morgan fingerprint density at radius 3 is 2.85 bits per heavy atom. The van der Waals surface area contributed by atoms with Crippen LogP contribution in [0.1, 0.15) is 0 Å². The van der Waals surface area contributed by atoms with Crippen molar-refractivity contribution >= 4 is 39.6 Å². The second kappa shape index (κ2) is 7.72. The Labute approximate surface area is 154 Å². The van der Waals surface area contributed by atoms with Gasteiger partial charge in [-0.3, -0.25) is 19.6 Å². The number of benzene rings is 1. The number of nitrogens with one attached hydrogen (secondary N) is 1. The fourth-order valence-electron chi connectivity index (χ4n) is 2.75. The number of azo groups is 1. The number of rotatable bonds is 4. The highest BCUT2D eigenvalue weighted by Crippen LogP contribution is 2.40. The molecule has 10 nitrogen and oxygen atoms in total. The molecule has 1 aliphatic heterocycles. The van der Waals surface area contributed by atoms with Gasteiger partial charge in [0.2, 0.25) is 11.0 Å². The number of non-ortho nitro benzene ring substituents is 1. The van der Waals surface area contributed by atoms with Crippen LogP contribution < -0.4 is 5.32 Å². The summed E-state index contributed by atoms with van der Waals surface area (Å²) in [6.45, 7) is 3.11. The molecule has 1 aromatic heterocycles. The van der Waals surface area contributed by atoms with Gasteiger partial charge in [0.15, 0.2) is 5.69 Å². The van der Waals surface area contributed by atoms with Crippen LogP contribution in [0.15, 0.2) is 28.4 Å². The highest BCUT2D eigenvalue weighted by atomic mass is 32.1. The summed E-state index contributed by atoms with van der Waals surface area (Å²) in [5.41, 5.74) is 0.687. The van der Waals surface area contributed by atoms with Crippen molar-refractivity contribution in [2.75, 3.05) is 33.4 Å². The average Bonchev–Trinajstić information content (AvgIpc) is 2.91. The van der Waals surface area contributed by atoms with Gasteiger partial charge < -0.3 is 15.2 Å². The van der Waals surface area contributed by atoms with E-state index in [-0.39, 0.29) is 22.4 Å². The molecular weight excluding hydrogens is 360 g/mol. The number of morpholine rings is 1. The molecule has 2 aromatic rings. The Morgan fingerprint density at radius 1 is 1.46 bits per heavy atom. The second-order valence-corrected chi connectivity index (χ2v) is 6.07. The Bertz CT molecular complexity index is 875. The van der Waals surface area contributed by atoms with Crippen LogP contribution in [0.25, 0.3) is 10.9 Å². The first-order valence-corrected chi connectivity index (χ1v) is 8.35. The van der Waals surface area contributed by atoms with Gasteiger partial charge in [-0.05, 0) is 18.3 Å². The van der Waals surface area contributed by atoms with Crippen LogP contribution in [-0.4, -0.2) is 58.0 Å². The zero-order chi connectivity index (χ0) is 18.7. The zero-order valence-electron chi connectivity index (χ0n) is 14.1. The van der Waals surface area contributed by atoms with E-state index >= 15 is 0 Å². The number of ether oxygens (including phenoxy) is 1. The molecule has 1 saturated heterocycles. The summed E-state index contributed by atoms with van der Waals surface area (Å²) >= 11 is 4.94. The number of thiocarbonyl (C=S) groups is 1. The van der Waals surface area contributed by atoms with E-state index in [4.69, 9.17) is 17.0 Å². The van der Waals surface area contributed by atoms with Crippen LogP contribution in [0, 0.1) is 10.1 Å². The number of nitro groups is 1. The Balaban J connectivity index is 2.08. The van der Waals surface area contributed by atoms with Crippen molar-refractivity contribution in [1.29, 1.82) is 0 Å². The van der Waals surface area contributed by atoms with Gasteiger partial charge in [0.25, 0.3) is 5.69 Å². The van der Waals surface area contributed by atoms with E-state index in [1.807, 2.05) is 0 Å². The molecule has 3 rings (SSSR count). The first-order chi connectivity index (χ1) is 12.5. The smallest absolute Gasteiger partial charge is 0.270 e. The van der Waals surface area contributed by atoms with Crippen molar-refractivity contribution in [1.82, 2.24) is 14.8 Å². The van der Waals surface area contributed by atoms with Crippen molar-refractivity contribution in [3.05, 3.63) is 28.3 Å². The fraction of sp³-hybridized carbons (Fsp3) is 0.400. The largest absolute Gasteiger partial charge is 0.493 e. The van der Waals surface area contributed by atoms with Gasteiger partial charge in [-0.15, -0.1) is 10.2 Å². The predicted octanol–water partition coefficient (Wildman–Crippen LogP) is 2.13. The first-order valence-electron chi connectivity index (χ1n) is 7.94. The number of fused-ring (bicyclic) bond motifs is 1. The van der Waals surface area contributed by atoms with Gasteiger partial charge in [0.1, 0.15) is 0 Å². The van der Waals surface area contributed by atoms with E-state index < -0.39 is 4.92 Å². The maximum Gasteiger partial charge on any atom is 0.270 e. The molecule has 1 aromatic carbocycles. The molecule has 26 heavy (non-hydrogen) atoms. The molecule has 0 amide bonds. The van der Waals surface area contributed by atoms with E-state index in [0.29, 0.717) is 30.8 Å². The molecule has 0 atom stereocenters. The molecule has 0 radical (unpaired) electrons. The zero-order valence-corrected chi connectivity index (χ0v) is 14.9. The van der Waals surface area contributed by atoms with Gasteiger partial charge in [-0.25, -0.2) is 0 Å². The summed E-state index contributed by atoms with van der Waals surface area (Å²) in [6, 6.07) is 4.38. The number of nitro benzene ring substituents is 1. The monoisotopic (exact) mass is 378 g/mol. The molecule has 0 unspecified atom stereocenters. The third-order valence-corrected chi connectivity index (χ3v) is 4.39. The maximum absolute atomic E-state index is 11.1. The van der Waals surface area contributed by atoms with E-state index in [9.17, 15) is 15.2 Å². The van der Waals surface area contributed by atoms with Crippen LogP contribution >= 0.6 is 12.2 Å². The highest BCUT2D eigenvalue weighted by Gasteiger charge is 2.22. The average molecular weight is 378 g/mol. The van der Waals surface area contributed by atoms with Crippen molar-refractivity contribution in [2.45, 2.75) is 6.67 Å². The molecule has 1 aliphatic rings. The van der Waals surface area contributed by atoms with Crippen LogP contribution in [0.5, 0.6) is 5.88 Å². The van der Waals surface area contributed by atoms with Crippen LogP contribution in [-0.2, 0) is 11.4 Å². The summed E-state index contributed by atoms with van der Waals surface area (Å²) in [7, 11) is 1.60. The topological polar surface area (TPSA) is 118 Å². The Kier molecular flexibility index (Phi) is 5.40. The van der Waals surface area contributed by atoms with E-state index in [2.05, 4.69) is 20.4 Å². The highest BCUT2D eigenvalue weighted by molar-refractivity contribution is 7.80. The fourth-order valence-corrected chi connectivity index (χ4v) is 2.80. The molecule has 0 bridgehead atoms. The SMILES string of the molecule is CNC(=S)N=Nc1c(O)n(CN2CCOCC2)c2ccc([N+](=O)[O-])cc12. The number of nitrogens with zero attached hydrogens (tertiary/aromatic N) is 5. The summed E-state index contributed by atoms with van der Waals surface area (Å²) in [6.07, 6.45) is 0. The third kappa shape index (κ3) is 3.64. The minimum atomic E-state index is -0.491. The summed E-state index contributed by atoms with van der Waals surface area (Å²) < 4.78 is 6.99. The van der Waals surface area contributed by atoms with Crippen LogP contribution in [0.2, 0.25) is 0 Å². The first kappa shape index (κ1) is 18.2. The van der Waals surface area contributed by atoms with Crippen molar-refractivity contribution in [2.24, 2.45) is 10.2 Å². The van der Waals surface area contributed by atoms with Gasteiger partial charge in [-0.2, -0.15) is 0 Å². The Hall–Kier alpha value is -2.63. The Morgan fingerprint density at radius 2 is 2.19 bits per heavy atom. The standard InChI is InChI=1S/C15H18N6O4S/c1-16-15(26)18-17-13-11-8-10(21(23)24)2-3-12(11)20(14(13)22)9-19-4-6-25-7-5-19/h2-3,8,22H,4-7,9H2,1H3,(H,16,26).